The van der Waals surface area contributed by atoms with Crippen molar-refractivity contribution in [2.75, 3.05) is 42.7 Å². The fourth-order valence-electron chi connectivity index (χ4n) is 3.37. The third kappa shape index (κ3) is 3.61. The number of hydrogen-bond acceptors (Lipinski definition) is 8. The summed E-state index contributed by atoms with van der Waals surface area (Å²) in [7, 11) is 4.00. The topological polar surface area (TPSA) is 54.4 Å². The van der Waals surface area contributed by atoms with Crippen molar-refractivity contribution in [3.05, 3.63) is 28.5 Å². The van der Waals surface area contributed by atoms with Crippen LogP contribution in [0.15, 0.2) is 17.8 Å². The number of aryl methyl sites for hydroxylation is 1. The minimum atomic E-state index is 0.325. The summed E-state index contributed by atoms with van der Waals surface area (Å²) in [5.41, 5.74) is 1.06. The number of ether oxygens (including phenoxy) is 1. The molecule has 2 aromatic rings. The molecule has 2 aliphatic rings. The summed E-state index contributed by atoms with van der Waals surface area (Å²) in [5, 5.41) is 3.20. The molecule has 0 N–H and O–H groups in total. The van der Waals surface area contributed by atoms with Gasteiger partial charge in [0.1, 0.15) is 18.0 Å². The highest BCUT2D eigenvalue weighted by Gasteiger charge is 2.49. The molecule has 2 aromatic heterocycles. The highest BCUT2D eigenvalue weighted by molar-refractivity contribution is 8.01. The minimum Gasteiger partial charge on any atom is -0.371 e. The van der Waals surface area contributed by atoms with Crippen LogP contribution in [0.2, 0.25) is 0 Å². The zero-order valence-electron chi connectivity index (χ0n) is 14.8. The van der Waals surface area contributed by atoms with Gasteiger partial charge in [-0.3, -0.25) is 0 Å². The first kappa shape index (κ1) is 17.1. The van der Waals surface area contributed by atoms with E-state index in [0.717, 1.165) is 47.6 Å². The number of rotatable bonds is 5. The van der Waals surface area contributed by atoms with Crippen LogP contribution in [-0.4, -0.2) is 58.7 Å². The number of anilines is 2. The van der Waals surface area contributed by atoms with Crippen LogP contribution in [-0.2, 0) is 11.3 Å². The predicted molar refractivity (Wildman–Crippen MR) is 104 cm³/mol. The summed E-state index contributed by atoms with van der Waals surface area (Å²) in [6, 6.07) is 2.06. The van der Waals surface area contributed by atoms with Crippen LogP contribution in [0.5, 0.6) is 0 Å². The second kappa shape index (κ2) is 6.74. The molecule has 0 aliphatic carbocycles. The Morgan fingerprint density at radius 2 is 2.20 bits per heavy atom. The van der Waals surface area contributed by atoms with E-state index in [1.54, 1.807) is 17.7 Å². The number of thioether (sulfide) groups is 1. The average molecular weight is 378 g/mol. The zero-order valence-corrected chi connectivity index (χ0v) is 16.4. The summed E-state index contributed by atoms with van der Waals surface area (Å²) >= 11 is 3.74. The molecule has 2 saturated heterocycles. The van der Waals surface area contributed by atoms with Gasteiger partial charge >= 0.3 is 0 Å². The largest absolute Gasteiger partial charge is 0.371 e. The van der Waals surface area contributed by atoms with Crippen molar-refractivity contribution in [2.24, 2.45) is 0 Å². The van der Waals surface area contributed by atoms with Crippen molar-refractivity contribution in [1.29, 1.82) is 0 Å². The Kier molecular flexibility index (Phi) is 4.59. The predicted octanol–water partition coefficient (Wildman–Crippen LogP) is 2.59. The first-order chi connectivity index (χ1) is 12.0. The smallest absolute Gasteiger partial charge is 0.134 e. The van der Waals surface area contributed by atoms with E-state index >= 15 is 0 Å². The molecule has 25 heavy (non-hydrogen) atoms. The molecule has 1 unspecified atom stereocenters. The van der Waals surface area contributed by atoms with Crippen molar-refractivity contribution >= 4 is 34.7 Å². The van der Waals surface area contributed by atoms with E-state index in [-0.39, 0.29) is 0 Å². The molecule has 2 fully saturated rings. The SMILES string of the molecule is Cc1nc(COC2CSC3(C2)CN(c2cc(N(C)C)ncn2)C3)cs1. The summed E-state index contributed by atoms with van der Waals surface area (Å²) in [5.74, 6) is 3.04. The second-order valence-corrected chi connectivity index (χ2v) is 9.52. The third-order valence-corrected chi connectivity index (χ3v) is 7.09. The maximum atomic E-state index is 6.10. The van der Waals surface area contributed by atoms with Crippen LogP contribution in [0.1, 0.15) is 17.1 Å². The van der Waals surface area contributed by atoms with Gasteiger partial charge in [0.15, 0.2) is 0 Å². The van der Waals surface area contributed by atoms with E-state index in [0.29, 0.717) is 17.5 Å². The number of hydrogen-bond donors (Lipinski definition) is 0. The van der Waals surface area contributed by atoms with Crippen molar-refractivity contribution in [1.82, 2.24) is 15.0 Å². The summed E-state index contributed by atoms with van der Waals surface area (Å²) in [6.45, 7) is 4.74. The fourth-order valence-corrected chi connectivity index (χ4v) is 5.52. The minimum absolute atomic E-state index is 0.325. The third-order valence-electron chi connectivity index (χ3n) is 4.69. The van der Waals surface area contributed by atoms with Crippen molar-refractivity contribution in [2.45, 2.75) is 30.8 Å². The molecule has 134 valence electrons. The zero-order chi connectivity index (χ0) is 17.4. The Bertz CT molecular complexity index is 744. The molecule has 0 aromatic carbocycles. The van der Waals surface area contributed by atoms with Gasteiger partial charge in [-0.15, -0.1) is 23.1 Å². The van der Waals surface area contributed by atoms with Crippen LogP contribution in [0.3, 0.4) is 0 Å². The van der Waals surface area contributed by atoms with Gasteiger partial charge in [0.2, 0.25) is 0 Å². The molecule has 4 rings (SSSR count). The Morgan fingerprint density at radius 1 is 1.36 bits per heavy atom. The van der Waals surface area contributed by atoms with Crippen LogP contribution < -0.4 is 9.80 Å². The molecule has 4 heterocycles. The van der Waals surface area contributed by atoms with Crippen molar-refractivity contribution in [3.8, 4) is 0 Å². The molecular weight excluding hydrogens is 354 g/mol. The van der Waals surface area contributed by atoms with Crippen LogP contribution >= 0.6 is 23.1 Å². The molecule has 1 atom stereocenters. The first-order valence-corrected chi connectivity index (χ1v) is 10.3. The highest BCUT2D eigenvalue weighted by Crippen LogP contribution is 2.47. The lowest BCUT2D eigenvalue weighted by Crippen LogP contribution is -2.59. The van der Waals surface area contributed by atoms with Gasteiger partial charge in [-0.05, 0) is 13.3 Å². The normalized spacial score (nSPS) is 21.6. The van der Waals surface area contributed by atoms with E-state index in [9.17, 15) is 0 Å². The first-order valence-electron chi connectivity index (χ1n) is 8.44. The molecule has 0 amide bonds. The quantitative estimate of drug-likeness (QED) is 0.794. The average Bonchev–Trinajstić information content (AvgIpc) is 3.18. The molecule has 0 saturated carbocycles. The molecule has 0 bridgehead atoms. The van der Waals surface area contributed by atoms with Gasteiger partial charge in [-0.1, -0.05) is 0 Å². The van der Waals surface area contributed by atoms with E-state index in [1.165, 1.54) is 0 Å². The van der Waals surface area contributed by atoms with E-state index in [2.05, 4.69) is 43.1 Å². The van der Waals surface area contributed by atoms with Crippen molar-refractivity contribution in [3.63, 3.8) is 0 Å². The lowest BCUT2D eigenvalue weighted by atomic mass is 9.93. The van der Waals surface area contributed by atoms with Gasteiger partial charge < -0.3 is 14.5 Å². The Balaban J connectivity index is 1.30. The van der Waals surface area contributed by atoms with E-state index in [1.807, 2.05) is 25.9 Å². The monoisotopic (exact) mass is 377 g/mol. The van der Waals surface area contributed by atoms with Crippen LogP contribution in [0.4, 0.5) is 11.6 Å². The van der Waals surface area contributed by atoms with Gasteiger partial charge in [-0.2, -0.15) is 0 Å². The molecule has 0 radical (unpaired) electrons. The number of thiazole rings is 1. The highest BCUT2D eigenvalue weighted by atomic mass is 32.2. The Hall–Kier alpha value is -1.38. The van der Waals surface area contributed by atoms with Gasteiger partial charge in [-0.25, -0.2) is 15.0 Å². The maximum Gasteiger partial charge on any atom is 0.134 e. The van der Waals surface area contributed by atoms with Gasteiger partial charge in [0.05, 0.1) is 28.2 Å². The van der Waals surface area contributed by atoms with Crippen molar-refractivity contribution < 1.29 is 4.74 Å². The van der Waals surface area contributed by atoms with Crippen LogP contribution in [0.25, 0.3) is 0 Å². The molecule has 8 heteroatoms. The second-order valence-electron chi connectivity index (χ2n) is 6.97. The molecule has 6 nitrogen and oxygen atoms in total. The Labute approximate surface area is 156 Å². The maximum absolute atomic E-state index is 6.10. The summed E-state index contributed by atoms with van der Waals surface area (Å²) in [4.78, 5) is 17.6. The van der Waals surface area contributed by atoms with Gasteiger partial charge in [0, 0.05) is 44.4 Å². The van der Waals surface area contributed by atoms with E-state index < -0.39 is 0 Å². The Morgan fingerprint density at radius 3 is 2.92 bits per heavy atom. The van der Waals surface area contributed by atoms with Gasteiger partial charge in [0.25, 0.3) is 0 Å². The number of nitrogens with zero attached hydrogens (tertiary/aromatic N) is 5. The fraction of sp³-hybridized carbons (Fsp3) is 0.588. The lowest BCUT2D eigenvalue weighted by Gasteiger charge is -2.48. The van der Waals surface area contributed by atoms with E-state index in [4.69, 9.17) is 4.74 Å². The lowest BCUT2D eigenvalue weighted by molar-refractivity contribution is 0.0461. The number of aromatic nitrogens is 3. The molecule has 2 aliphatic heterocycles. The molecule has 1 spiro atoms. The summed E-state index contributed by atoms with van der Waals surface area (Å²) in [6.07, 6.45) is 3.10. The standard InChI is InChI=1S/C17H23N5OS2/c1-12-20-13(7-24-12)6-23-14-5-17(25-8-14)9-22(10-17)16-4-15(21(2)3)18-11-19-16/h4,7,11,14H,5-6,8-10H2,1-3H3. The summed E-state index contributed by atoms with van der Waals surface area (Å²) < 4.78 is 6.42. The van der Waals surface area contributed by atoms with Crippen LogP contribution in [0, 0.1) is 6.92 Å². The molecular formula is C17H23N5OS2.